The van der Waals surface area contributed by atoms with Crippen LogP contribution < -0.4 is 31.1 Å². The number of rotatable bonds is 5. The van der Waals surface area contributed by atoms with Crippen LogP contribution in [-0.2, 0) is 43.3 Å². The normalized spacial score (nSPS) is 18.8. The minimum absolute atomic E-state index is 0.0107. The fourth-order valence-electron chi connectivity index (χ4n) is 16.5. The summed E-state index contributed by atoms with van der Waals surface area (Å²) >= 11 is 0. The summed E-state index contributed by atoms with van der Waals surface area (Å²) in [6.45, 7) is 44.6. The van der Waals surface area contributed by atoms with E-state index in [9.17, 15) is 4.11 Å². The van der Waals surface area contributed by atoms with E-state index < -0.39 is 6.85 Å². The molecule has 0 bridgehead atoms. The van der Waals surface area contributed by atoms with E-state index in [0.29, 0.717) is 5.56 Å². The summed E-state index contributed by atoms with van der Waals surface area (Å²) in [7, 11) is 0. The summed E-state index contributed by atoms with van der Waals surface area (Å²) in [5, 5.41) is 0. The predicted octanol–water partition coefficient (Wildman–Crippen LogP) is 20.4. The molecule has 84 heavy (non-hydrogen) atoms. The minimum Gasteiger partial charge on any atom is -0.311 e. The van der Waals surface area contributed by atoms with Gasteiger partial charge in [0.2, 0.25) is 0 Å². The lowest BCUT2D eigenvalue weighted by molar-refractivity contribution is 0.332. The molecular formula is C80H92BN3. The second-order valence-corrected chi connectivity index (χ2v) is 32.4. The first-order chi connectivity index (χ1) is 40.3. The first kappa shape index (κ1) is 52.8. The van der Waals surface area contributed by atoms with Gasteiger partial charge < -0.3 is 14.7 Å². The van der Waals surface area contributed by atoms with E-state index in [-0.39, 0.29) is 50.0 Å². The Morgan fingerprint density at radius 1 is 0.440 bits per heavy atom. The summed E-state index contributed by atoms with van der Waals surface area (Å²) in [6, 6.07) is 53.6. The second kappa shape index (κ2) is 18.1. The smallest absolute Gasteiger partial charge is 0.252 e. The zero-order chi connectivity index (χ0) is 62.6. The highest BCUT2D eigenvalue weighted by atomic mass is 15.2. The van der Waals surface area contributed by atoms with E-state index in [0.717, 1.165) is 75.9 Å². The number of hydrogen-bond acceptors (Lipinski definition) is 3. The van der Waals surface area contributed by atoms with Crippen LogP contribution in [0.15, 0.2) is 140 Å². The molecule has 3 nitrogen and oxygen atoms in total. The first-order valence-electron chi connectivity index (χ1n) is 32.9. The molecule has 430 valence electrons. The SMILES string of the molecule is [2H]C([2H])([2H])c1cc2c3c(c1)N(c1ccc4c(c1C(C)(C)C)C(C)(C)c1ccccc1-4)c1cc(N(c4ccc(C(C)(C)C)cc4)c4ccc(C(C)(C)C)cc4)ccc1B3c1cc3c(cc1N2c1cc2c(cc1C)C(C)(C)CCC2(C)C)C(C)(C)CC3(C)C. The molecule has 3 aliphatic carbocycles. The quantitative estimate of drug-likeness (QED) is 0.159. The maximum absolute atomic E-state index is 9.57. The average molecular weight is 1110 g/mol. The molecule has 0 radical (unpaired) electrons. The molecule has 8 aromatic rings. The molecule has 0 fully saturated rings. The summed E-state index contributed by atoms with van der Waals surface area (Å²) in [5.41, 5.74) is 28.1. The Kier molecular flexibility index (Phi) is 11.4. The number of anilines is 9. The van der Waals surface area contributed by atoms with Gasteiger partial charge in [-0.1, -0.05) is 204 Å². The molecule has 0 amide bonds. The van der Waals surface area contributed by atoms with Gasteiger partial charge in [-0.15, -0.1) is 0 Å². The summed E-state index contributed by atoms with van der Waals surface area (Å²) in [5.74, 6) is 0. The second-order valence-electron chi connectivity index (χ2n) is 32.4. The van der Waals surface area contributed by atoms with Gasteiger partial charge in [0.25, 0.3) is 6.71 Å². The molecule has 0 N–H and O–H groups in total. The van der Waals surface area contributed by atoms with Gasteiger partial charge in [0.1, 0.15) is 0 Å². The molecular weight excluding hydrogens is 1010 g/mol. The van der Waals surface area contributed by atoms with Crippen LogP contribution in [0.2, 0.25) is 0 Å². The van der Waals surface area contributed by atoms with Crippen molar-refractivity contribution in [2.24, 2.45) is 0 Å². The van der Waals surface area contributed by atoms with Gasteiger partial charge in [-0.3, -0.25) is 0 Å². The molecule has 0 spiro atoms. The molecule has 0 aromatic heterocycles. The largest absolute Gasteiger partial charge is 0.311 e. The van der Waals surface area contributed by atoms with Crippen LogP contribution >= 0.6 is 0 Å². The van der Waals surface area contributed by atoms with E-state index in [4.69, 9.17) is 0 Å². The number of aryl methyl sites for hydroxylation is 2. The van der Waals surface area contributed by atoms with E-state index in [1.165, 1.54) is 77.7 Å². The van der Waals surface area contributed by atoms with Crippen LogP contribution in [-0.4, -0.2) is 6.71 Å². The topological polar surface area (TPSA) is 9.72 Å². The zero-order valence-electron chi connectivity index (χ0n) is 57.3. The Morgan fingerprint density at radius 3 is 1.50 bits per heavy atom. The molecule has 0 saturated heterocycles. The monoisotopic (exact) mass is 1110 g/mol. The Bertz CT molecular complexity index is 4110. The molecule has 5 aliphatic rings. The Labute approximate surface area is 510 Å². The third-order valence-corrected chi connectivity index (χ3v) is 20.9. The first-order valence-corrected chi connectivity index (χ1v) is 31.4. The highest BCUT2D eigenvalue weighted by molar-refractivity contribution is 7.00. The minimum atomic E-state index is -2.44. The summed E-state index contributed by atoms with van der Waals surface area (Å²) < 4.78 is 28.7. The predicted molar refractivity (Wildman–Crippen MR) is 364 cm³/mol. The van der Waals surface area contributed by atoms with Gasteiger partial charge in [0.05, 0.1) is 5.69 Å². The zero-order valence-corrected chi connectivity index (χ0v) is 54.3. The Morgan fingerprint density at radius 2 is 0.940 bits per heavy atom. The highest BCUT2D eigenvalue weighted by Crippen LogP contribution is 2.59. The third kappa shape index (κ3) is 8.47. The van der Waals surface area contributed by atoms with Crippen molar-refractivity contribution in [2.75, 3.05) is 14.7 Å². The van der Waals surface area contributed by atoms with Gasteiger partial charge in [0.15, 0.2) is 0 Å². The lowest BCUT2D eigenvalue weighted by atomic mass is 9.33. The van der Waals surface area contributed by atoms with Crippen LogP contribution in [0.25, 0.3) is 11.1 Å². The van der Waals surface area contributed by atoms with Crippen LogP contribution in [0.4, 0.5) is 51.2 Å². The number of nitrogens with zero attached hydrogens (tertiary/aromatic N) is 3. The van der Waals surface area contributed by atoms with Crippen molar-refractivity contribution in [2.45, 2.75) is 208 Å². The van der Waals surface area contributed by atoms with E-state index in [1.54, 1.807) is 0 Å². The van der Waals surface area contributed by atoms with Crippen molar-refractivity contribution in [3.05, 3.63) is 201 Å². The van der Waals surface area contributed by atoms with Gasteiger partial charge in [-0.2, -0.15) is 0 Å². The van der Waals surface area contributed by atoms with Crippen LogP contribution in [0, 0.1) is 13.8 Å². The number of hydrogen-bond donors (Lipinski definition) is 0. The fraction of sp³-hybridized carbons (Fsp3) is 0.400. The van der Waals surface area contributed by atoms with Crippen LogP contribution in [0.5, 0.6) is 0 Å². The Balaban J connectivity index is 1.18. The summed E-state index contributed by atoms with van der Waals surface area (Å²) in [4.78, 5) is 7.49. The maximum Gasteiger partial charge on any atom is 0.252 e. The van der Waals surface area contributed by atoms with Gasteiger partial charge in [-0.05, 0) is 226 Å². The number of benzene rings is 8. The van der Waals surface area contributed by atoms with E-state index in [2.05, 4.69) is 293 Å². The van der Waals surface area contributed by atoms with Gasteiger partial charge in [-0.25, -0.2) is 0 Å². The van der Waals surface area contributed by atoms with Crippen molar-refractivity contribution in [1.29, 1.82) is 0 Å². The van der Waals surface area contributed by atoms with Crippen molar-refractivity contribution < 1.29 is 4.11 Å². The Hall–Kier alpha value is -6.78. The standard InChI is InChI=1S/C80H92BN3/c1-48-40-68-72-69(41-48)84(65-45-60-58(42-49(65)2)76(12,13)38-39-77(60,14)15)67-46-61-59(78(16,17)47-79(61,18)19)44-63(67)81(72)62-36-34-54(82(52-30-26-50(27-31-52)73(3,4)5)53-32-28-51(29-33-53)74(6,7)8)43-66(62)83(68)64-37-35-56-55-24-22-23-25-57(55)80(20,21)70(56)71(64)75(9,10)11/h22-37,40-46H,38-39,47H2,1-21H3/i1D3. The molecule has 13 rings (SSSR count). The van der Waals surface area contributed by atoms with E-state index >= 15 is 0 Å². The van der Waals surface area contributed by atoms with Crippen molar-refractivity contribution >= 4 is 74.3 Å². The lowest BCUT2D eigenvalue weighted by Gasteiger charge is -2.47. The molecule has 0 atom stereocenters. The molecule has 8 aromatic carbocycles. The van der Waals surface area contributed by atoms with Crippen LogP contribution in [0.1, 0.15) is 216 Å². The van der Waals surface area contributed by atoms with Crippen molar-refractivity contribution in [3.8, 4) is 11.1 Å². The van der Waals surface area contributed by atoms with Crippen molar-refractivity contribution in [3.63, 3.8) is 0 Å². The van der Waals surface area contributed by atoms with E-state index in [1.807, 2.05) is 0 Å². The maximum atomic E-state index is 9.57. The molecule has 2 aliphatic heterocycles. The summed E-state index contributed by atoms with van der Waals surface area (Å²) in [6.07, 6.45) is 3.23. The van der Waals surface area contributed by atoms with Crippen molar-refractivity contribution in [1.82, 2.24) is 0 Å². The van der Waals surface area contributed by atoms with Gasteiger partial charge in [0, 0.05) is 55.0 Å². The number of fused-ring (bicyclic) bond motifs is 9. The third-order valence-electron chi connectivity index (χ3n) is 20.9. The molecule has 0 unspecified atom stereocenters. The average Bonchev–Trinajstić information content (AvgIpc) is 1.55. The molecule has 2 heterocycles. The molecule has 4 heteroatoms. The molecule has 0 saturated carbocycles. The van der Waals surface area contributed by atoms with Gasteiger partial charge >= 0.3 is 0 Å². The highest BCUT2D eigenvalue weighted by Gasteiger charge is 2.50. The van der Waals surface area contributed by atoms with Crippen LogP contribution in [0.3, 0.4) is 0 Å². The fourth-order valence-corrected chi connectivity index (χ4v) is 16.5. The lowest BCUT2D eigenvalue weighted by Crippen LogP contribution is -2.61.